The molecule has 2 aliphatic heterocycles. The number of carbonyl (C=O) groups excluding carboxylic acids is 2. The van der Waals surface area contributed by atoms with Crippen molar-refractivity contribution < 1.29 is 14.3 Å². The molecule has 0 aromatic heterocycles. The van der Waals surface area contributed by atoms with Gasteiger partial charge in [-0.1, -0.05) is 38.0 Å². The monoisotopic (exact) mass is 356 g/mol. The van der Waals surface area contributed by atoms with Crippen molar-refractivity contribution in [1.82, 2.24) is 9.80 Å². The molecule has 0 unspecified atom stereocenters. The van der Waals surface area contributed by atoms with Crippen LogP contribution in [0.3, 0.4) is 0 Å². The van der Waals surface area contributed by atoms with Gasteiger partial charge in [0, 0.05) is 31.0 Å². The third-order valence-corrected chi connectivity index (χ3v) is 6.71. The van der Waals surface area contributed by atoms with E-state index in [9.17, 15) is 9.59 Å². The summed E-state index contributed by atoms with van der Waals surface area (Å²) in [5.74, 6) is 0.915. The standard InChI is InChI=1S/C21H28N2O3/c1-15(24)22-13-16-12-21(2)18(22)10-6-7-11-19(21)23(16)20(25)14-26-17-8-4-3-5-9-17/h3-5,8-9,16,18-19H,6-7,10-14H2,1-2H3/t16-,18+,19-,21+/m0/s1. The predicted octanol–water partition coefficient (Wildman–Crippen LogP) is 2.85. The molecule has 0 N–H and O–H groups in total. The van der Waals surface area contributed by atoms with Crippen LogP contribution in [-0.4, -0.2) is 52.9 Å². The molecule has 2 heterocycles. The van der Waals surface area contributed by atoms with Gasteiger partial charge in [0.15, 0.2) is 6.61 Å². The Kier molecular flexibility index (Phi) is 4.41. The first-order chi connectivity index (χ1) is 12.5. The van der Waals surface area contributed by atoms with E-state index in [0.29, 0.717) is 6.54 Å². The second kappa shape index (κ2) is 6.60. The van der Waals surface area contributed by atoms with Gasteiger partial charge in [-0.05, 0) is 31.4 Å². The van der Waals surface area contributed by atoms with Gasteiger partial charge in [-0.2, -0.15) is 0 Å². The fourth-order valence-corrected chi connectivity index (χ4v) is 5.63. The first-order valence-corrected chi connectivity index (χ1v) is 9.77. The minimum atomic E-state index is 0.00743. The first-order valence-electron chi connectivity index (χ1n) is 9.77. The molecular weight excluding hydrogens is 328 g/mol. The van der Waals surface area contributed by atoms with Crippen molar-refractivity contribution in [3.63, 3.8) is 0 Å². The molecule has 4 atom stereocenters. The summed E-state index contributed by atoms with van der Waals surface area (Å²) in [6.07, 6.45) is 5.35. The maximum absolute atomic E-state index is 13.1. The summed E-state index contributed by atoms with van der Waals surface area (Å²) in [4.78, 5) is 29.5. The number of benzene rings is 1. The number of carbonyl (C=O) groups is 2. The quantitative estimate of drug-likeness (QED) is 0.837. The minimum Gasteiger partial charge on any atom is -0.484 e. The molecule has 1 saturated carbocycles. The summed E-state index contributed by atoms with van der Waals surface area (Å²) < 4.78 is 5.73. The zero-order chi connectivity index (χ0) is 18.3. The Balaban J connectivity index is 1.57. The van der Waals surface area contributed by atoms with Crippen molar-refractivity contribution in [2.45, 2.75) is 64.1 Å². The lowest BCUT2D eigenvalue weighted by molar-refractivity contribution is -0.139. The van der Waals surface area contributed by atoms with Crippen molar-refractivity contribution in [3.8, 4) is 5.75 Å². The summed E-state index contributed by atoms with van der Waals surface area (Å²) in [5, 5.41) is 0. The van der Waals surface area contributed by atoms with Gasteiger partial charge in [0.2, 0.25) is 5.91 Å². The number of likely N-dealkylation sites (tertiary alicyclic amines) is 2. The maximum Gasteiger partial charge on any atom is 0.261 e. The second-order valence-corrected chi connectivity index (χ2v) is 8.25. The number of hydrogen-bond acceptors (Lipinski definition) is 3. The zero-order valence-electron chi connectivity index (χ0n) is 15.7. The zero-order valence-corrected chi connectivity index (χ0v) is 15.7. The van der Waals surface area contributed by atoms with E-state index in [1.54, 1.807) is 6.92 Å². The summed E-state index contributed by atoms with van der Waals surface area (Å²) in [6.45, 7) is 4.70. The molecule has 0 radical (unpaired) electrons. The number of amides is 2. The van der Waals surface area contributed by atoms with E-state index in [-0.39, 0.29) is 42.0 Å². The van der Waals surface area contributed by atoms with E-state index in [2.05, 4.69) is 11.8 Å². The van der Waals surface area contributed by atoms with Crippen molar-refractivity contribution in [2.75, 3.05) is 13.2 Å². The Bertz CT molecular complexity index is 692. The number of para-hydroxylation sites is 1. The average molecular weight is 356 g/mol. The van der Waals surface area contributed by atoms with Crippen LogP contribution < -0.4 is 4.74 Å². The Morgan fingerprint density at radius 3 is 2.54 bits per heavy atom. The number of piperidine rings is 1. The molecule has 26 heavy (non-hydrogen) atoms. The summed E-state index contributed by atoms with van der Waals surface area (Å²) in [6, 6.07) is 10.1. The minimum absolute atomic E-state index is 0.00743. The van der Waals surface area contributed by atoms with E-state index in [1.807, 2.05) is 35.2 Å². The van der Waals surface area contributed by atoms with Crippen LogP contribution in [0, 0.1) is 5.41 Å². The molecule has 1 aromatic carbocycles. The fraction of sp³-hybridized carbons (Fsp3) is 0.619. The molecule has 2 bridgehead atoms. The largest absolute Gasteiger partial charge is 0.484 e. The summed E-state index contributed by atoms with van der Waals surface area (Å²) in [7, 11) is 0. The third-order valence-electron chi connectivity index (χ3n) is 6.71. The van der Waals surface area contributed by atoms with Gasteiger partial charge in [0.25, 0.3) is 5.91 Å². The van der Waals surface area contributed by atoms with Crippen LogP contribution >= 0.6 is 0 Å². The van der Waals surface area contributed by atoms with Gasteiger partial charge in [0.1, 0.15) is 5.75 Å². The number of hydrogen-bond donors (Lipinski definition) is 0. The molecule has 1 aromatic rings. The SMILES string of the molecule is CC(=O)N1C[C@@H]2C[C@@]3(C)[C@H](CCCC[C@@H]13)N2C(=O)COc1ccccc1. The predicted molar refractivity (Wildman–Crippen MR) is 98.7 cm³/mol. The van der Waals surface area contributed by atoms with Crippen LogP contribution in [0.1, 0.15) is 46.0 Å². The highest BCUT2D eigenvalue weighted by molar-refractivity contribution is 5.80. The molecule has 2 saturated heterocycles. The number of rotatable bonds is 3. The van der Waals surface area contributed by atoms with Gasteiger partial charge >= 0.3 is 0 Å². The van der Waals surface area contributed by atoms with Gasteiger partial charge in [-0.3, -0.25) is 9.59 Å². The van der Waals surface area contributed by atoms with Gasteiger partial charge in [0.05, 0.1) is 6.04 Å². The fourth-order valence-electron chi connectivity index (χ4n) is 5.63. The number of fused-ring (bicyclic) bond motifs is 1. The van der Waals surface area contributed by atoms with Gasteiger partial charge < -0.3 is 14.5 Å². The van der Waals surface area contributed by atoms with Crippen LogP contribution in [0.15, 0.2) is 30.3 Å². The van der Waals surface area contributed by atoms with Crippen LogP contribution in [0.4, 0.5) is 0 Å². The highest BCUT2D eigenvalue weighted by Gasteiger charge is 2.60. The van der Waals surface area contributed by atoms with Crippen molar-refractivity contribution in [3.05, 3.63) is 30.3 Å². The summed E-state index contributed by atoms with van der Waals surface area (Å²) >= 11 is 0. The molecule has 3 aliphatic rings. The Morgan fingerprint density at radius 2 is 1.85 bits per heavy atom. The maximum atomic E-state index is 13.1. The molecular formula is C21H28N2O3. The smallest absolute Gasteiger partial charge is 0.261 e. The lowest BCUT2D eigenvalue weighted by atomic mass is 9.71. The molecule has 2 amide bonds. The molecule has 5 nitrogen and oxygen atoms in total. The van der Waals surface area contributed by atoms with Crippen LogP contribution in [0.2, 0.25) is 0 Å². The molecule has 0 spiro atoms. The van der Waals surface area contributed by atoms with Crippen molar-refractivity contribution in [2.24, 2.45) is 5.41 Å². The van der Waals surface area contributed by atoms with E-state index in [1.165, 1.54) is 0 Å². The lowest BCUT2D eigenvalue weighted by Gasteiger charge is -2.46. The topological polar surface area (TPSA) is 49.9 Å². The Hall–Kier alpha value is -2.04. The summed E-state index contributed by atoms with van der Waals surface area (Å²) in [5.41, 5.74) is 0.00743. The van der Waals surface area contributed by atoms with Crippen LogP contribution in [0.25, 0.3) is 0 Å². The Labute approximate surface area is 155 Å². The van der Waals surface area contributed by atoms with Gasteiger partial charge in [-0.25, -0.2) is 0 Å². The van der Waals surface area contributed by atoms with E-state index >= 15 is 0 Å². The third kappa shape index (κ3) is 2.78. The molecule has 1 aliphatic carbocycles. The molecule has 3 fully saturated rings. The van der Waals surface area contributed by atoms with E-state index in [0.717, 1.165) is 37.9 Å². The van der Waals surface area contributed by atoms with Crippen molar-refractivity contribution >= 4 is 11.8 Å². The van der Waals surface area contributed by atoms with E-state index in [4.69, 9.17) is 4.74 Å². The van der Waals surface area contributed by atoms with Gasteiger partial charge in [-0.15, -0.1) is 0 Å². The highest BCUT2D eigenvalue weighted by atomic mass is 16.5. The van der Waals surface area contributed by atoms with Crippen molar-refractivity contribution in [1.29, 1.82) is 0 Å². The highest BCUT2D eigenvalue weighted by Crippen LogP contribution is 2.53. The van der Waals surface area contributed by atoms with E-state index < -0.39 is 0 Å². The average Bonchev–Trinajstić information content (AvgIpc) is 2.74. The number of nitrogens with zero attached hydrogens (tertiary/aromatic N) is 2. The lowest BCUT2D eigenvalue weighted by Crippen LogP contribution is -2.55. The first kappa shape index (κ1) is 17.4. The second-order valence-electron chi connectivity index (χ2n) is 8.25. The molecule has 140 valence electrons. The molecule has 5 heteroatoms. The van der Waals surface area contributed by atoms with Crippen LogP contribution in [0.5, 0.6) is 5.75 Å². The molecule has 4 rings (SSSR count). The Morgan fingerprint density at radius 1 is 1.15 bits per heavy atom. The van der Waals surface area contributed by atoms with Crippen LogP contribution in [-0.2, 0) is 9.59 Å². The normalized spacial score (nSPS) is 32.9. The number of ether oxygens (including phenoxy) is 1.